The molecule has 4 aliphatic rings. The highest BCUT2D eigenvalue weighted by atomic mass is 15.3. The number of hydrogen-bond acceptors (Lipinski definition) is 8. The summed E-state index contributed by atoms with van der Waals surface area (Å²) in [6.45, 7) is 14.5. The van der Waals surface area contributed by atoms with Gasteiger partial charge >= 0.3 is 11.7 Å². The van der Waals surface area contributed by atoms with Gasteiger partial charge in [-0.05, 0) is 78.7 Å². The Bertz CT molecular complexity index is 1420. The Kier molecular flexibility index (Phi) is 13.2. The molecule has 0 amide bonds. The van der Waals surface area contributed by atoms with E-state index < -0.39 is 0 Å². The van der Waals surface area contributed by atoms with E-state index in [2.05, 4.69) is 137 Å². The molecule has 0 saturated carbocycles. The normalized spacial score (nSPS) is 17.0. The van der Waals surface area contributed by atoms with E-state index in [1.807, 2.05) is 55.4 Å². The number of rotatable bonds is 0. The van der Waals surface area contributed by atoms with Gasteiger partial charge in [-0.3, -0.25) is 19.0 Å². The second kappa shape index (κ2) is 16.3. The highest BCUT2D eigenvalue weighted by Crippen LogP contribution is 2.23. The van der Waals surface area contributed by atoms with E-state index in [1.165, 1.54) is 11.7 Å². The minimum Gasteiger partial charge on any atom is -0.368 e. The second-order valence-corrected chi connectivity index (χ2v) is 11.2. The van der Waals surface area contributed by atoms with Gasteiger partial charge < -0.3 is 30.6 Å². The molecule has 4 rings (SSSR count). The largest absolute Gasteiger partial charge is 0.368 e. The average molecular weight is 633 g/mol. The van der Waals surface area contributed by atoms with Crippen LogP contribution in [0.2, 0.25) is 0 Å². The molecule has 0 aliphatic carbocycles. The number of likely N-dealkylation sites (N-methyl/N-ethyl adjacent to an activating group) is 2. The number of aliphatic imine (C=N–C) groups is 8. The Balaban J connectivity index is 0.000000241. The van der Waals surface area contributed by atoms with Crippen LogP contribution in [-0.2, 0) is 0 Å². The summed E-state index contributed by atoms with van der Waals surface area (Å²) in [7, 11) is 16.5. The molecule has 0 fully saturated rings. The fourth-order valence-corrected chi connectivity index (χ4v) is 4.46. The van der Waals surface area contributed by atoms with Crippen molar-refractivity contribution < 1.29 is 9.15 Å². The predicted octanol–water partition coefficient (Wildman–Crippen LogP) is 3.03. The molecule has 0 aromatic carbocycles. The minimum atomic E-state index is 0.499. The van der Waals surface area contributed by atoms with Crippen LogP contribution in [0.4, 0.5) is 0 Å². The quantitative estimate of drug-likeness (QED) is 0.228. The summed E-state index contributed by atoms with van der Waals surface area (Å²) >= 11 is 0. The summed E-state index contributed by atoms with van der Waals surface area (Å²) in [5.41, 5.74) is 0. The van der Waals surface area contributed by atoms with E-state index in [0.717, 1.165) is 0 Å². The maximum absolute atomic E-state index is 4.21. The molecule has 0 unspecified atom stereocenters. The topological polar surface area (TPSA) is 168 Å². The highest BCUT2D eigenvalue weighted by molar-refractivity contribution is 6.35. The third-order valence-corrected chi connectivity index (χ3v) is 5.73. The zero-order chi connectivity index (χ0) is 34.9. The molecule has 0 aromatic heterocycles. The van der Waals surface area contributed by atoms with Crippen LogP contribution in [0, 0.1) is 0 Å². The summed E-state index contributed by atoms with van der Waals surface area (Å²) in [4.78, 5) is 37.7. The van der Waals surface area contributed by atoms with Gasteiger partial charge in [-0.25, -0.2) is 30.6 Å². The van der Waals surface area contributed by atoms with Crippen LogP contribution in [0.15, 0.2) is 63.2 Å². The van der Waals surface area contributed by atoms with Gasteiger partial charge in [0.1, 0.15) is 23.3 Å². The fourth-order valence-electron chi connectivity index (χ4n) is 4.46. The Morgan fingerprint density at radius 2 is 0.717 bits per heavy atom. The van der Waals surface area contributed by atoms with Gasteiger partial charge in [-0.2, -0.15) is 0 Å². The van der Waals surface area contributed by atoms with Crippen LogP contribution in [0.1, 0.15) is 55.4 Å². The van der Waals surface area contributed by atoms with Crippen LogP contribution in [0.5, 0.6) is 0 Å². The maximum Gasteiger partial charge on any atom is 0.361 e. The van der Waals surface area contributed by atoms with Crippen LogP contribution < -0.4 is 10.6 Å². The van der Waals surface area contributed by atoms with E-state index in [4.69, 9.17) is 0 Å². The lowest BCUT2D eigenvalue weighted by Crippen LogP contribution is -2.47. The van der Waals surface area contributed by atoms with Gasteiger partial charge in [0.2, 0.25) is 0 Å². The predicted molar refractivity (Wildman–Crippen MR) is 192 cm³/mol. The summed E-state index contributed by atoms with van der Waals surface area (Å²) in [6.07, 6.45) is 0. The molecule has 0 bridgehead atoms. The number of hydrogen-bond donors (Lipinski definition) is 0. The first kappa shape index (κ1) is 37.2. The van der Waals surface area contributed by atoms with E-state index in [-0.39, 0.29) is 0 Å². The molecule has 46 heavy (non-hydrogen) atoms. The molecule has 2 radical (unpaired) electrons. The van der Waals surface area contributed by atoms with E-state index in [9.17, 15) is 0 Å². The molecule has 16 nitrogen and oxygen atoms in total. The first-order valence-corrected chi connectivity index (χ1v) is 14.6. The van der Waals surface area contributed by atoms with Crippen molar-refractivity contribution in [3.05, 3.63) is 33.9 Å². The lowest BCUT2D eigenvalue weighted by Gasteiger charge is -2.23. The van der Waals surface area contributed by atoms with Crippen molar-refractivity contribution >= 4 is 58.4 Å². The first-order valence-electron chi connectivity index (χ1n) is 14.6. The molecule has 248 valence electrons. The van der Waals surface area contributed by atoms with Crippen molar-refractivity contribution in [1.82, 2.24) is 20.4 Å². The third-order valence-electron chi connectivity index (χ3n) is 5.73. The van der Waals surface area contributed by atoms with Crippen molar-refractivity contribution in [2.45, 2.75) is 55.4 Å². The van der Waals surface area contributed by atoms with Crippen molar-refractivity contribution in [3.63, 3.8) is 0 Å². The minimum absolute atomic E-state index is 0.499. The first-order chi connectivity index (χ1) is 21.4. The fraction of sp³-hybridized carbons (Fsp3) is 0.533. The maximum atomic E-state index is 4.21. The summed E-state index contributed by atoms with van der Waals surface area (Å²) in [5, 5.41) is 16.6. The van der Waals surface area contributed by atoms with E-state index >= 15 is 0 Å². The smallest absolute Gasteiger partial charge is 0.361 e. The van der Waals surface area contributed by atoms with Gasteiger partial charge in [-0.15, -0.1) is 0 Å². The summed E-state index contributed by atoms with van der Waals surface area (Å²) in [5.74, 6) is 9.70. The molecule has 0 atom stereocenters. The number of nitrogens with zero attached hydrogens (tertiary/aromatic N) is 16. The molecule has 0 spiro atoms. The van der Waals surface area contributed by atoms with Crippen LogP contribution in [-0.4, -0.2) is 134 Å². The van der Waals surface area contributed by atoms with Crippen molar-refractivity contribution in [2.24, 2.45) is 39.9 Å². The van der Waals surface area contributed by atoms with Gasteiger partial charge in [0.05, 0.1) is 68.0 Å². The van der Waals surface area contributed by atoms with Crippen molar-refractivity contribution in [3.8, 4) is 0 Å². The lowest BCUT2D eigenvalue weighted by molar-refractivity contribution is -0.485. The molecule has 4 aliphatic heterocycles. The van der Waals surface area contributed by atoms with Crippen molar-refractivity contribution in [1.29, 1.82) is 0 Å². The zero-order valence-electron chi connectivity index (χ0n) is 30.2. The average Bonchev–Trinajstić information content (AvgIpc) is 2.89. The van der Waals surface area contributed by atoms with Crippen molar-refractivity contribution in [2.75, 3.05) is 56.4 Å². The standard InChI is InChI=1S/2C10H12N6.C10H24N4/c2*1-5-11-6(2)14-9(13-5)10-15-7(3)12-8(4)16-10;1-11(2)9(12(3)4)10(13(5)6)14(7)8/h2*1-4H3;1-8H3/q2*-1;+2. The van der Waals surface area contributed by atoms with Gasteiger partial charge in [0.25, 0.3) is 0 Å². The van der Waals surface area contributed by atoms with E-state index in [0.29, 0.717) is 70.0 Å². The van der Waals surface area contributed by atoms with Crippen LogP contribution in [0.3, 0.4) is 0 Å². The van der Waals surface area contributed by atoms with Crippen LogP contribution >= 0.6 is 0 Å². The molecular formula is C30H48N16. The Morgan fingerprint density at radius 3 is 0.935 bits per heavy atom. The van der Waals surface area contributed by atoms with Gasteiger partial charge in [-0.1, -0.05) is 0 Å². The lowest BCUT2D eigenvalue weighted by atomic mass is 10.4. The zero-order valence-corrected chi connectivity index (χ0v) is 30.2. The summed E-state index contributed by atoms with van der Waals surface area (Å²) in [6, 6.07) is 0. The third kappa shape index (κ3) is 11.2. The Morgan fingerprint density at radius 1 is 0.435 bits per heavy atom. The van der Waals surface area contributed by atoms with E-state index in [1.54, 1.807) is 0 Å². The number of amidine groups is 10. The Labute approximate surface area is 273 Å². The molecule has 0 saturated heterocycles. The molecule has 16 heteroatoms. The second-order valence-electron chi connectivity index (χ2n) is 11.2. The molecule has 0 N–H and O–H groups in total. The summed E-state index contributed by atoms with van der Waals surface area (Å²) < 4.78 is 4.24. The molecule has 0 aromatic rings. The Hall–Kier alpha value is -5.02. The van der Waals surface area contributed by atoms with Crippen LogP contribution in [0.25, 0.3) is 10.6 Å². The highest BCUT2D eigenvalue weighted by Gasteiger charge is 2.29. The van der Waals surface area contributed by atoms with Gasteiger partial charge in [0.15, 0.2) is 11.6 Å². The molecule has 4 heterocycles. The van der Waals surface area contributed by atoms with Gasteiger partial charge in [0, 0.05) is 0 Å². The monoisotopic (exact) mass is 632 g/mol. The molecular weight excluding hydrogens is 584 g/mol. The SMILES string of the molecule is CC1=NC(=C2N=C(C)N=C(C)[N-]2)N=C(C)[N]1.CC1=NC(=C2N=C(C)N=C(C)[N-]2)N=C(C)[N]1.CN(C)C(C(N(C)C)=[N+](C)C)=[N+](C)C.